The summed E-state index contributed by atoms with van der Waals surface area (Å²) in [6, 6.07) is 7.35. The second-order valence-electron chi connectivity index (χ2n) is 5.15. The number of nitrogens with one attached hydrogen (secondary N) is 1. The van der Waals surface area contributed by atoms with Crippen molar-refractivity contribution >= 4 is 5.97 Å². The van der Waals surface area contributed by atoms with Crippen molar-refractivity contribution in [2.24, 2.45) is 0 Å². The molecule has 21 heavy (non-hydrogen) atoms. The van der Waals surface area contributed by atoms with Gasteiger partial charge in [0.1, 0.15) is 0 Å². The first-order chi connectivity index (χ1) is 10.1. The molecular formula is C16H25NO4. The summed E-state index contributed by atoms with van der Waals surface area (Å²) >= 11 is 0. The SMILES string of the molecule is CCCc1ccc(C(O)C(CCC(=O)O)NCCO)cc1. The summed E-state index contributed by atoms with van der Waals surface area (Å²) in [4.78, 5) is 10.7. The molecule has 1 aromatic carbocycles. The van der Waals surface area contributed by atoms with Crippen molar-refractivity contribution in [1.29, 1.82) is 0 Å². The third kappa shape index (κ3) is 6.25. The first-order valence-electron chi connectivity index (χ1n) is 7.41. The van der Waals surface area contributed by atoms with E-state index in [4.69, 9.17) is 10.2 Å². The molecule has 0 aromatic heterocycles. The van der Waals surface area contributed by atoms with E-state index in [0.717, 1.165) is 18.4 Å². The summed E-state index contributed by atoms with van der Waals surface area (Å²) in [5.74, 6) is -0.892. The van der Waals surface area contributed by atoms with E-state index < -0.39 is 12.1 Å². The Morgan fingerprint density at radius 2 is 1.95 bits per heavy atom. The number of rotatable bonds is 10. The molecule has 0 aliphatic carbocycles. The van der Waals surface area contributed by atoms with Crippen LogP contribution in [0, 0.1) is 0 Å². The van der Waals surface area contributed by atoms with Gasteiger partial charge in [0.25, 0.3) is 0 Å². The predicted molar refractivity (Wildman–Crippen MR) is 81.1 cm³/mol. The Balaban J connectivity index is 2.72. The molecule has 0 aliphatic heterocycles. The van der Waals surface area contributed by atoms with Gasteiger partial charge in [-0.3, -0.25) is 4.79 Å². The smallest absolute Gasteiger partial charge is 0.303 e. The maximum Gasteiger partial charge on any atom is 0.303 e. The number of aliphatic hydroxyl groups excluding tert-OH is 2. The molecule has 0 saturated heterocycles. The third-order valence-electron chi connectivity index (χ3n) is 3.43. The molecule has 0 fully saturated rings. The molecule has 0 bridgehead atoms. The van der Waals surface area contributed by atoms with Crippen molar-refractivity contribution in [1.82, 2.24) is 5.32 Å². The summed E-state index contributed by atoms with van der Waals surface area (Å²) in [5, 5.41) is 31.1. The Bertz CT molecular complexity index is 419. The Morgan fingerprint density at radius 3 is 2.48 bits per heavy atom. The minimum atomic E-state index is -0.892. The molecule has 5 heteroatoms. The lowest BCUT2D eigenvalue weighted by molar-refractivity contribution is -0.137. The van der Waals surface area contributed by atoms with Crippen LogP contribution in [0.15, 0.2) is 24.3 Å². The average molecular weight is 295 g/mol. The monoisotopic (exact) mass is 295 g/mol. The highest BCUT2D eigenvalue weighted by atomic mass is 16.4. The first kappa shape index (κ1) is 17.6. The van der Waals surface area contributed by atoms with Crippen molar-refractivity contribution < 1.29 is 20.1 Å². The fourth-order valence-corrected chi connectivity index (χ4v) is 2.30. The van der Waals surface area contributed by atoms with E-state index in [1.807, 2.05) is 24.3 Å². The van der Waals surface area contributed by atoms with Crippen molar-refractivity contribution in [3.05, 3.63) is 35.4 Å². The number of carboxylic acid groups (broad SMARTS) is 1. The number of hydrogen-bond donors (Lipinski definition) is 4. The zero-order chi connectivity index (χ0) is 15.7. The molecule has 2 atom stereocenters. The van der Waals surface area contributed by atoms with E-state index in [1.165, 1.54) is 5.56 Å². The molecule has 0 heterocycles. The molecule has 0 radical (unpaired) electrons. The largest absolute Gasteiger partial charge is 0.481 e. The molecule has 0 saturated carbocycles. The van der Waals surface area contributed by atoms with Gasteiger partial charge in [-0.1, -0.05) is 37.6 Å². The lowest BCUT2D eigenvalue weighted by Gasteiger charge is -2.24. The van der Waals surface area contributed by atoms with Crippen LogP contribution in [0.2, 0.25) is 0 Å². The molecule has 0 amide bonds. The standard InChI is InChI=1S/C16H25NO4/c1-2-3-12-4-6-13(7-5-12)16(21)14(17-10-11-18)8-9-15(19)20/h4-7,14,16-18,21H,2-3,8-11H2,1H3,(H,19,20). The number of carboxylic acids is 1. The van der Waals surface area contributed by atoms with Crippen LogP contribution in [0.3, 0.4) is 0 Å². The summed E-state index contributed by atoms with van der Waals surface area (Å²) in [6.45, 7) is 2.39. The van der Waals surface area contributed by atoms with Crippen molar-refractivity contribution in [3.63, 3.8) is 0 Å². The van der Waals surface area contributed by atoms with Gasteiger partial charge in [-0.25, -0.2) is 0 Å². The van der Waals surface area contributed by atoms with E-state index in [-0.39, 0.29) is 19.1 Å². The van der Waals surface area contributed by atoms with Gasteiger partial charge in [0.15, 0.2) is 0 Å². The van der Waals surface area contributed by atoms with Gasteiger partial charge < -0.3 is 20.6 Å². The molecule has 118 valence electrons. The van der Waals surface area contributed by atoms with Crippen LogP contribution in [0.1, 0.15) is 43.4 Å². The average Bonchev–Trinajstić information content (AvgIpc) is 2.47. The normalized spacial score (nSPS) is 13.9. The van der Waals surface area contributed by atoms with Gasteiger partial charge in [-0.05, 0) is 24.0 Å². The van der Waals surface area contributed by atoms with Gasteiger partial charge >= 0.3 is 5.97 Å². The topological polar surface area (TPSA) is 89.8 Å². The van der Waals surface area contributed by atoms with Crippen LogP contribution in [0.4, 0.5) is 0 Å². The molecule has 1 rings (SSSR count). The van der Waals surface area contributed by atoms with E-state index in [2.05, 4.69) is 12.2 Å². The maximum absolute atomic E-state index is 10.7. The van der Waals surface area contributed by atoms with Gasteiger partial charge in [-0.15, -0.1) is 0 Å². The van der Waals surface area contributed by atoms with Gasteiger partial charge in [0.2, 0.25) is 0 Å². The van der Waals surface area contributed by atoms with Crippen LogP contribution in [0.25, 0.3) is 0 Å². The van der Waals surface area contributed by atoms with Crippen LogP contribution >= 0.6 is 0 Å². The second-order valence-corrected chi connectivity index (χ2v) is 5.15. The molecule has 4 N–H and O–H groups in total. The van der Waals surface area contributed by atoms with Gasteiger partial charge in [0, 0.05) is 19.0 Å². The number of aliphatic hydroxyl groups is 2. The number of hydrogen-bond acceptors (Lipinski definition) is 4. The highest BCUT2D eigenvalue weighted by Crippen LogP contribution is 2.21. The van der Waals surface area contributed by atoms with Gasteiger partial charge in [0.05, 0.1) is 12.7 Å². The van der Waals surface area contributed by atoms with Crippen molar-refractivity contribution in [2.45, 2.75) is 44.8 Å². The minimum Gasteiger partial charge on any atom is -0.481 e. The zero-order valence-electron chi connectivity index (χ0n) is 12.5. The third-order valence-corrected chi connectivity index (χ3v) is 3.43. The summed E-state index contributed by atoms with van der Waals surface area (Å²) < 4.78 is 0. The van der Waals surface area contributed by atoms with Crippen LogP contribution in [-0.4, -0.2) is 40.5 Å². The highest BCUT2D eigenvalue weighted by molar-refractivity contribution is 5.66. The Labute approximate surface area is 125 Å². The van der Waals surface area contributed by atoms with Crippen LogP contribution < -0.4 is 5.32 Å². The minimum absolute atomic E-state index is 0.0198. The van der Waals surface area contributed by atoms with E-state index in [9.17, 15) is 9.90 Å². The summed E-state index contributed by atoms with van der Waals surface area (Å²) in [5.41, 5.74) is 1.98. The highest BCUT2D eigenvalue weighted by Gasteiger charge is 2.21. The maximum atomic E-state index is 10.7. The molecule has 0 aliphatic rings. The van der Waals surface area contributed by atoms with E-state index >= 15 is 0 Å². The second kappa shape index (κ2) is 9.50. The van der Waals surface area contributed by atoms with Crippen molar-refractivity contribution in [3.8, 4) is 0 Å². The van der Waals surface area contributed by atoms with Crippen LogP contribution in [-0.2, 0) is 11.2 Å². The Kier molecular flexibility index (Phi) is 7.97. The quantitative estimate of drug-likeness (QED) is 0.525. The van der Waals surface area contributed by atoms with Gasteiger partial charge in [-0.2, -0.15) is 0 Å². The fourth-order valence-electron chi connectivity index (χ4n) is 2.30. The Morgan fingerprint density at radius 1 is 1.29 bits per heavy atom. The number of benzene rings is 1. The zero-order valence-corrected chi connectivity index (χ0v) is 12.5. The molecule has 2 unspecified atom stereocenters. The molecular weight excluding hydrogens is 270 g/mol. The lowest BCUT2D eigenvalue weighted by Crippen LogP contribution is -2.37. The fraction of sp³-hybridized carbons (Fsp3) is 0.562. The summed E-state index contributed by atoms with van der Waals surface area (Å²) in [6.07, 6.45) is 1.58. The van der Waals surface area contributed by atoms with Crippen LogP contribution in [0.5, 0.6) is 0 Å². The number of aryl methyl sites for hydroxylation is 1. The lowest BCUT2D eigenvalue weighted by atomic mass is 9.96. The Hall–Kier alpha value is -1.43. The number of aliphatic carboxylic acids is 1. The predicted octanol–water partition coefficient (Wildman–Crippen LogP) is 1.49. The number of carbonyl (C=O) groups is 1. The molecule has 0 spiro atoms. The van der Waals surface area contributed by atoms with Crippen molar-refractivity contribution in [2.75, 3.05) is 13.2 Å². The first-order valence-corrected chi connectivity index (χ1v) is 7.41. The van der Waals surface area contributed by atoms with E-state index in [1.54, 1.807) is 0 Å². The molecule has 5 nitrogen and oxygen atoms in total. The summed E-state index contributed by atoms with van der Waals surface area (Å²) in [7, 11) is 0. The molecule has 1 aromatic rings. The van der Waals surface area contributed by atoms with E-state index in [0.29, 0.717) is 13.0 Å².